The van der Waals surface area contributed by atoms with E-state index < -0.39 is 11.6 Å². The van der Waals surface area contributed by atoms with Gasteiger partial charge in [0.1, 0.15) is 24.0 Å². The highest BCUT2D eigenvalue weighted by Crippen LogP contribution is 2.19. The first-order valence-corrected chi connectivity index (χ1v) is 5.44. The van der Waals surface area contributed by atoms with E-state index in [4.69, 9.17) is 15.9 Å². The Bertz CT molecular complexity index is 617. The molecule has 0 spiro atoms. The van der Waals surface area contributed by atoms with Crippen LogP contribution in [0.15, 0.2) is 36.5 Å². The summed E-state index contributed by atoms with van der Waals surface area (Å²) in [5.74, 6) is -1.65. The van der Waals surface area contributed by atoms with E-state index in [0.29, 0.717) is 5.56 Å². The molecule has 98 valence electrons. The first-order chi connectivity index (χ1) is 9.08. The van der Waals surface area contributed by atoms with Gasteiger partial charge in [-0.2, -0.15) is 0 Å². The lowest BCUT2D eigenvalue weighted by atomic mass is 10.2. The summed E-state index contributed by atoms with van der Waals surface area (Å²) in [6, 6.07) is 6.25. The van der Waals surface area contributed by atoms with Crippen molar-refractivity contribution in [2.75, 3.05) is 0 Å². The average molecular weight is 263 g/mol. The Morgan fingerprint density at radius 2 is 2.11 bits per heavy atom. The topological polar surface area (TPSA) is 72.0 Å². The molecule has 0 atom stereocenters. The van der Waals surface area contributed by atoms with Gasteiger partial charge < -0.3 is 10.5 Å². The number of nitrogens with zero attached hydrogens (tertiary/aromatic N) is 1. The lowest BCUT2D eigenvalue weighted by Crippen LogP contribution is -2.16. The molecule has 19 heavy (non-hydrogen) atoms. The number of hydrogen-bond acceptors (Lipinski definition) is 3. The standard InChI is InChI=1S/C13H11F2N3O/c14-9-3-4-10(15)11(6-9)19-7-8-2-1-5-18-12(8)13(16)17/h1-6H,7H2,(H3,16,17). The van der Waals surface area contributed by atoms with Gasteiger partial charge in [-0.05, 0) is 18.2 Å². The van der Waals surface area contributed by atoms with Crippen LogP contribution in [0, 0.1) is 17.0 Å². The minimum Gasteiger partial charge on any atom is -0.486 e. The molecule has 0 radical (unpaired) electrons. The summed E-state index contributed by atoms with van der Waals surface area (Å²) in [5.41, 5.74) is 6.16. The number of nitrogens with two attached hydrogens (primary N) is 1. The molecule has 2 rings (SSSR count). The van der Waals surface area contributed by atoms with Crippen LogP contribution in [-0.4, -0.2) is 10.8 Å². The van der Waals surface area contributed by atoms with Crippen LogP contribution >= 0.6 is 0 Å². The van der Waals surface area contributed by atoms with Gasteiger partial charge in [0.05, 0.1) is 0 Å². The molecule has 0 saturated carbocycles. The van der Waals surface area contributed by atoms with Gasteiger partial charge in [0, 0.05) is 17.8 Å². The molecule has 0 amide bonds. The number of aromatic nitrogens is 1. The Balaban J connectivity index is 2.19. The van der Waals surface area contributed by atoms with Gasteiger partial charge >= 0.3 is 0 Å². The van der Waals surface area contributed by atoms with Crippen molar-refractivity contribution < 1.29 is 13.5 Å². The molecule has 1 aromatic heterocycles. The quantitative estimate of drug-likeness (QED) is 0.656. The summed E-state index contributed by atoms with van der Waals surface area (Å²) in [4.78, 5) is 3.93. The molecule has 0 saturated heterocycles. The third kappa shape index (κ3) is 3.04. The van der Waals surface area contributed by atoms with E-state index in [1.54, 1.807) is 12.1 Å². The van der Waals surface area contributed by atoms with E-state index in [9.17, 15) is 8.78 Å². The molecule has 0 aliphatic heterocycles. The SMILES string of the molecule is N=C(N)c1ncccc1COc1cc(F)ccc1F. The van der Waals surface area contributed by atoms with Crippen LogP contribution in [0.4, 0.5) is 8.78 Å². The number of amidine groups is 1. The Kier molecular flexibility index (Phi) is 3.70. The Labute approximate surface area is 108 Å². The number of benzene rings is 1. The molecule has 4 nitrogen and oxygen atoms in total. The van der Waals surface area contributed by atoms with Gasteiger partial charge in [0.2, 0.25) is 0 Å². The molecule has 0 aliphatic rings. The van der Waals surface area contributed by atoms with Gasteiger partial charge in [-0.1, -0.05) is 6.07 Å². The van der Waals surface area contributed by atoms with Crippen molar-refractivity contribution in [1.82, 2.24) is 4.98 Å². The molecule has 1 aromatic carbocycles. The number of nitrogen functional groups attached to an aromatic ring is 1. The third-order valence-electron chi connectivity index (χ3n) is 2.42. The molecule has 3 N–H and O–H groups in total. The van der Waals surface area contributed by atoms with E-state index in [-0.39, 0.29) is 23.9 Å². The first-order valence-electron chi connectivity index (χ1n) is 5.44. The van der Waals surface area contributed by atoms with Crippen molar-refractivity contribution in [3.8, 4) is 5.75 Å². The van der Waals surface area contributed by atoms with E-state index in [1.807, 2.05) is 0 Å². The molecule has 1 heterocycles. The molecule has 0 aliphatic carbocycles. The number of halogens is 2. The lowest BCUT2D eigenvalue weighted by Gasteiger charge is -2.10. The van der Waals surface area contributed by atoms with Crippen LogP contribution < -0.4 is 10.5 Å². The van der Waals surface area contributed by atoms with Gasteiger partial charge in [-0.25, -0.2) is 8.78 Å². The zero-order chi connectivity index (χ0) is 13.8. The largest absolute Gasteiger partial charge is 0.486 e. The fraction of sp³-hybridized carbons (Fsp3) is 0.0769. The Hall–Kier alpha value is -2.50. The lowest BCUT2D eigenvalue weighted by molar-refractivity contribution is 0.288. The second-order valence-electron chi connectivity index (χ2n) is 3.79. The van der Waals surface area contributed by atoms with Crippen LogP contribution in [0.1, 0.15) is 11.3 Å². The van der Waals surface area contributed by atoms with Crippen LogP contribution in [0.5, 0.6) is 5.75 Å². The van der Waals surface area contributed by atoms with E-state index >= 15 is 0 Å². The van der Waals surface area contributed by atoms with Crippen LogP contribution in [0.3, 0.4) is 0 Å². The number of nitrogens with one attached hydrogen (secondary N) is 1. The second-order valence-corrected chi connectivity index (χ2v) is 3.79. The van der Waals surface area contributed by atoms with Crippen LogP contribution in [-0.2, 0) is 6.61 Å². The maximum Gasteiger partial charge on any atom is 0.165 e. The highest BCUT2D eigenvalue weighted by molar-refractivity contribution is 5.94. The molecule has 0 bridgehead atoms. The van der Waals surface area contributed by atoms with E-state index in [2.05, 4.69) is 4.98 Å². The first kappa shape index (κ1) is 12.9. The van der Waals surface area contributed by atoms with Crippen molar-refractivity contribution in [2.45, 2.75) is 6.61 Å². The fourth-order valence-electron chi connectivity index (χ4n) is 1.54. The Morgan fingerprint density at radius 1 is 1.32 bits per heavy atom. The number of hydrogen-bond donors (Lipinski definition) is 2. The maximum atomic E-state index is 13.4. The zero-order valence-electron chi connectivity index (χ0n) is 9.86. The molecule has 0 unspecified atom stereocenters. The van der Waals surface area contributed by atoms with Gasteiger partial charge in [-0.15, -0.1) is 0 Å². The summed E-state index contributed by atoms with van der Waals surface area (Å²) >= 11 is 0. The molecular weight excluding hydrogens is 252 g/mol. The maximum absolute atomic E-state index is 13.4. The fourth-order valence-corrected chi connectivity index (χ4v) is 1.54. The predicted molar refractivity (Wildman–Crippen MR) is 65.9 cm³/mol. The van der Waals surface area contributed by atoms with Gasteiger partial charge in [0.25, 0.3) is 0 Å². The van der Waals surface area contributed by atoms with Gasteiger partial charge in [-0.3, -0.25) is 10.4 Å². The summed E-state index contributed by atoms with van der Waals surface area (Å²) in [7, 11) is 0. The monoisotopic (exact) mass is 263 g/mol. The van der Waals surface area contributed by atoms with Crippen molar-refractivity contribution >= 4 is 5.84 Å². The normalized spacial score (nSPS) is 10.2. The minimum absolute atomic E-state index is 0.0525. The van der Waals surface area contributed by atoms with Gasteiger partial charge in [0.15, 0.2) is 11.6 Å². The van der Waals surface area contributed by atoms with E-state index in [0.717, 1.165) is 18.2 Å². The third-order valence-corrected chi connectivity index (χ3v) is 2.42. The molecular formula is C13H11F2N3O. The van der Waals surface area contributed by atoms with Crippen molar-refractivity contribution in [3.05, 3.63) is 59.4 Å². The molecule has 0 fully saturated rings. The minimum atomic E-state index is -0.658. The van der Waals surface area contributed by atoms with Crippen molar-refractivity contribution in [2.24, 2.45) is 5.73 Å². The highest BCUT2D eigenvalue weighted by atomic mass is 19.1. The van der Waals surface area contributed by atoms with E-state index in [1.165, 1.54) is 6.20 Å². The Morgan fingerprint density at radius 3 is 2.84 bits per heavy atom. The average Bonchev–Trinajstić information content (AvgIpc) is 2.40. The summed E-state index contributed by atoms with van der Waals surface area (Å²) in [6.45, 7) is -0.0525. The summed E-state index contributed by atoms with van der Waals surface area (Å²) < 4.78 is 31.5. The summed E-state index contributed by atoms with van der Waals surface area (Å²) in [5, 5.41) is 7.36. The highest BCUT2D eigenvalue weighted by Gasteiger charge is 2.09. The zero-order valence-corrected chi connectivity index (χ0v) is 9.86. The predicted octanol–water partition coefficient (Wildman–Crippen LogP) is 2.22. The second kappa shape index (κ2) is 5.43. The number of rotatable bonds is 4. The van der Waals surface area contributed by atoms with Crippen molar-refractivity contribution in [1.29, 1.82) is 5.41 Å². The molecule has 2 aromatic rings. The number of pyridine rings is 1. The molecule has 6 heteroatoms. The number of ether oxygens (including phenoxy) is 1. The van der Waals surface area contributed by atoms with Crippen molar-refractivity contribution in [3.63, 3.8) is 0 Å². The van der Waals surface area contributed by atoms with Crippen LogP contribution in [0.25, 0.3) is 0 Å². The summed E-state index contributed by atoms with van der Waals surface area (Å²) in [6.07, 6.45) is 1.49. The smallest absolute Gasteiger partial charge is 0.165 e. The van der Waals surface area contributed by atoms with Crippen LogP contribution in [0.2, 0.25) is 0 Å².